The highest BCUT2D eigenvalue weighted by molar-refractivity contribution is 5.76. The second-order valence-corrected chi connectivity index (χ2v) is 3.55. The summed E-state index contributed by atoms with van der Waals surface area (Å²) in [5.41, 5.74) is 0. The van der Waals surface area contributed by atoms with Gasteiger partial charge in [0.05, 0.1) is 6.61 Å². The molecule has 2 amide bonds. The fraction of sp³-hybridized carbons (Fsp3) is 0.889. The van der Waals surface area contributed by atoms with E-state index in [4.69, 9.17) is 4.74 Å². The summed E-state index contributed by atoms with van der Waals surface area (Å²) in [7, 11) is 1.65. The standard InChI is InChI=1S/C9H18N2O2/c1-8(2)11-5-4-10(9(11)12)6-7-13-3/h8H,4-7H2,1-3H3. The number of hydrogen-bond acceptors (Lipinski definition) is 2. The van der Waals surface area contributed by atoms with Gasteiger partial charge in [-0.3, -0.25) is 0 Å². The molecule has 0 unspecified atom stereocenters. The molecular weight excluding hydrogens is 168 g/mol. The van der Waals surface area contributed by atoms with E-state index in [1.165, 1.54) is 0 Å². The van der Waals surface area contributed by atoms with Crippen molar-refractivity contribution in [1.82, 2.24) is 9.80 Å². The van der Waals surface area contributed by atoms with Crippen LogP contribution in [-0.4, -0.2) is 55.2 Å². The first-order chi connectivity index (χ1) is 6.16. The van der Waals surface area contributed by atoms with Gasteiger partial charge in [-0.15, -0.1) is 0 Å². The summed E-state index contributed by atoms with van der Waals surface area (Å²) >= 11 is 0. The van der Waals surface area contributed by atoms with E-state index < -0.39 is 0 Å². The lowest BCUT2D eigenvalue weighted by atomic mass is 10.3. The van der Waals surface area contributed by atoms with Gasteiger partial charge in [-0.25, -0.2) is 4.79 Å². The number of rotatable bonds is 4. The zero-order chi connectivity index (χ0) is 9.84. The first kappa shape index (κ1) is 10.3. The third kappa shape index (κ3) is 2.34. The number of ether oxygens (including phenoxy) is 1. The number of carbonyl (C=O) groups excluding carboxylic acids is 1. The summed E-state index contributed by atoms with van der Waals surface area (Å²) in [5, 5.41) is 0. The van der Waals surface area contributed by atoms with E-state index in [1.54, 1.807) is 7.11 Å². The topological polar surface area (TPSA) is 32.8 Å². The molecule has 1 rings (SSSR count). The third-order valence-corrected chi connectivity index (χ3v) is 2.32. The van der Waals surface area contributed by atoms with Crippen LogP contribution < -0.4 is 0 Å². The zero-order valence-corrected chi connectivity index (χ0v) is 8.62. The van der Waals surface area contributed by atoms with Gasteiger partial charge in [-0.1, -0.05) is 0 Å². The molecule has 1 aliphatic heterocycles. The lowest BCUT2D eigenvalue weighted by molar-refractivity contribution is 0.151. The first-order valence-electron chi connectivity index (χ1n) is 4.71. The van der Waals surface area contributed by atoms with Gasteiger partial charge in [-0.05, 0) is 13.8 Å². The maximum Gasteiger partial charge on any atom is 0.320 e. The highest BCUT2D eigenvalue weighted by atomic mass is 16.5. The van der Waals surface area contributed by atoms with Crippen molar-refractivity contribution in [3.63, 3.8) is 0 Å². The molecule has 0 aliphatic carbocycles. The Bertz CT molecular complexity index is 182. The second kappa shape index (κ2) is 4.46. The normalized spacial score (nSPS) is 17.7. The molecule has 0 N–H and O–H groups in total. The number of methoxy groups -OCH3 is 1. The quantitative estimate of drug-likeness (QED) is 0.650. The molecule has 0 saturated carbocycles. The molecule has 0 aromatic carbocycles. The molecular formula is C9H18N2O2. The maximum atomic E-state index is 11.6. The van der Waals surface area contributed by atoms with Crippen LogP contribution >= 0.6 is 0 Å². The van der Waals surface area contributed by atoms with Gasteiger partial charge in [0.25, 0.3) is 0 Å². The van der Waals surface area contributed by atoms with Crippen LogP contribution in [0.1, 0.15) is 13.8 Å². The lowest BCUT2D eigenvalue weighted by Gasteiger charge is -2.21. The highest BCUT2D eigenvalue weighted by Gasteiger charge is 2.29. The van der Waals surface area contributed by atoms with E-state index in [-0.39, 0.29) is 6.03 Å². The van der Waals surface area contributed by atoms with Crippen LogP contribution in [0.2, 0.25) is 0 Å². The van der Waals surface area contributed by atoms with Gasteiger partial charge in [0.2, 0.25) is 0 Å². The number of carbonyl (C=O) groups is 1. The molecule has 76 valence electrons. The molecule has 13 heavy (non-hydrogen) atoms. The average Bonchev–Trinajstić information content (AvgIpc) is 2.43. The van der Waals surface area contributed by atoms with Crippen molar-refractivity contribution in [2.75, 3.05) is 33.4 Å². The minimum atomic E-state index is 0.145. The van der Waals surface area contributed by atoms with Crippen molar-refractivity contribution in [1.29, 1.82) is 0 Å². The van der Waals surface area contributed by atoms with Crippen LogP contribution in [0.3, 0.4) is 0 Å². The molecule has 4 heteroatoms. The van der Waals surface area contributed by atoms with E-state index in [0.29, 0.717) is 19.2 Å². The summed E-state index contributed by atoms with van der Waals surface area (Å²) < 4.78 is 4.94. The molecule has 1 fully saturated rings. The van der Waals surface area contributed by atoms with Gasteiger partial charge >= 0.3 is 6.03 Å². The van der Waals surface area contributed by atoms with E-state index >= 15 is 0 Å². The van der Waals surface area contributed by atoms with Crippen molar-refractivity contribution < 1.29 is 9.53 Å². The molecule has 0 aromatic rings. The van der Waals surface area contributed by atoms with Crippen LogP contribution in [0.25, 0.3) is 0 Å². The Balaban J connectivity index is 2.41. The summed E-state index contributed by atoms with van der Waals surface area (Å²) in [6, 6.07) is 0.451. The van der Waals surface area contributed by atoms with E-state index in [0.717, 1.165) is 13.1 Å². The lowest BCUT2D eigenvalue weighted by Crippen LogP contribution is -2.37. The Morgan fingerprint density at radius 2 is 2.15 bits per heavy atom. The Labute approximate surface area is 79.4 Å². The van der Waals surface area contributed by atoms with Crippen LogP contribution in [0, 0.1) is 0 Å². The van der Waals surface area contributed by atoms with Gasteiger partial charge in [0.15, 0.2) is 0 Å². The predicted molar refractivity (Wildman–Crippen MR) is 50.7 cm³/mol. The van der Waals surface area contributed by atoms with Crippen molar-refractivity contribution in [3.05, 3.63) is 0 Å². The second-order valence-electron chi connectivity index (χ2n) is 3.55. The molecule has 1 saturated heterocycles. The molecule has 0 aromatic heterocycles. The van der Waals surface area contributed by atoms with Crippen LogP contribution in [0.15, 0.2) is 0 Å². The number of hydrogen-bond donors (Lipinski definition) is 0. The largest absolute Gasteiger partial charge is 0.383 e. The summed E-state index contributed by atoms with van der Waals surface area (Å²) in [6.45, 7) is 7.09. The van der Waals surface area contributed by atoms with Crippen LogP contribution in [-0.2, 0) is 4.74 Å². The summed E-state index contributed by atoms with van der Waals surface area (Å²) in [5.74, 6) is 0. The molecule has 1 aliphatic rings. The van der Waals surface area contributed by atoms with Crippen molar-refractivity contribution in [3.8, 4) is 0 Å². The maximum absolute atomic E-state index is 11.6. The third-order valence-electron chi connectivity index (χ3n) is 2.32. The van der Waals surface area contributed by atoms with Crippen LogP contribution in [0.5, 0.6) is 0 Å². The van der Waals surface area contributed by atoms with Gasteiger partial charge < -0.3 is 14.5 Å². The molecule has 0 radical (unpaired) electrons. The van der Waals surface area contributed by atoms with E-state index in [9.17, 15) is 4.79 Å². The number of nitrogens with zero attached hydrogens (tertiary/aromatic N) is 2. The zero-order valence-electron chi connectivity index (χ0n) is 8.62. The minimum absolute atomic E-state index is 0.145. The van der Waals surface area contributed by atoms with Gasteiger partial charge in [-0.2, -0.15) is 0 Å². The molecule has 0 bridgehead atoms. The van der Waals surface area contributed by atoms with Crippen molar-refractivity contribution >= 4 is 6.03 Å². The number of urea groups is 1. The Morgan fingerprint density at radius 1 is 1.46 bits per heavy atom. The summed E-state index contributed by atoms with van der Waals surface area (Å²) in [6.07, 6.45) is 0. The highest BCUT2D eigenvalue weighted by Crippen LogP contribution is 2.11. The summed E-state index contributed by atoms with van der Waals surface area (Å²) in [4.78, 5) is 15.4. The predicted octanol–water partition coefficient (Wildman–Crippen LogP) is 0.779. The van der Waals surface area contributed by atoms with Gasteiger partial charge in [0.1, 0.15) is 0 Å². The van der Waals surface area contributed by atoms with Crippen molar-refractivity contribution in [2.24, 2.45) is 0 Å². The van der Waals surface area contributed by atoms with E-state index in [1.807, 2.05) is 23.6 Å². The van der Waals surface area contributed by atoms with Gasteiger partial charge in [0, 0.05) is 32.8 Å². The fourth-order valence-corrected chi connectivity index (χ4v) is 1.49. The molecule has 1 heterocycles. The molecule has 0 atom stereocenters. The van der Waals surface area contributed by atoms with Crippen LogP contribution in [0.4, 0.5) is 4.79 Å². The Morgan fingerprint density at radius 3 is 2.62 bits per heavy atom. The fourth-order valence-electron chi connectivity index (χ4n) is 1.49. The molecule has 0 spiro atoms. The average molecular weight is 186 g/mol. The first-order valence-corrected chi connectivity index (χ1v) is 4.71. The Kier molecular flexibility index (Phi) is 3.54. The minimum Gasteiger partial charge on any atom is -0.383 e. The van der Waals surface area contributed by atoms with E-state index in [2.05, 4.69) is 0 Å². The monoisotopic (exact) mass is 186 g/mol. The Hall–Kier alpha value is -0.770. The molecule has 4 nitrogen and oxygen atoms in total. The smallest absolute Gasteiger partial charge is 0.320 e. The van der Waals surface area contributed by atoms with Crippen molar-refractivity contribution in [2.45, 2.75) is 19.9 Å². The number of amides is 2. The SMILES string of the molecule is COCCN1CCN(C(C)C)C1=O.